The number of carbonyl (C=O) groups excluding carboxylic acids is 1. The molecular weight excluding hydrogens is 271 g/mol. The standard InChI is InChI=1S/C10H9ClF3N3O/c1-15-9(17-11)16-8(18)6-3-2-4-7(5-6)10(12,13)14/h2-5H,1H3,(H2,15,16,17,18). The van der Waals surface area contributed by atoms with Crippen molar-refractivity contribution in [1.82, 2.24) is 10.2 Å². The van der Waals surface area contributed by atoms with Gasteiger partial charge in [0.15, 0.2) is 0 Å². The topological polar surface area (TPSA) is 53.5 Å². The van der Waals surface area contributed by atoms with E-state index in [0.29, 0.717) is 0 Å². The molecule has 0 aliphatic carbocycles. The smallest absolute Gasteiger partial charge is 0.292 e. The van der Waals surface area contributed by atoms with Crippen molar-refractivity contribution in [3.8, 4) is 0 Å². The van der Waals surface area contributed by atoms with Crippen LogP contribution in [-0.4, -0.2) is 18.9 Å². The van der Waals surface area contributed by atoms with Gasteiger partial charge in [-0.25, -0.2) is 0 Å². The minimum Gasteiger partial charge on any atom is -0.292 e. The summed E-state index contributed by atoms with van der Waals surface area (Å²) < 4.78 is 37.3. The molecule has 0 saturated heterocycles. The number of aliphatic imine (C=N–C) groups is 1. The molecule has 0 radical (unpaired) electrons. The monoisotopic (exact) mass is 279 g/mol. The highest BCUT2D eigenvalue weighted by atomic mass is 35.5. The highest BCUT2D eigenvalue weighted by Gasteiger charge is 2.30. The van der Waals surface area contributed by atoms with Gasteiger partial charge in [0.2, 0.25) is 5.96 Å². The Kier molecular flexibility index (Phi) is 4.55. The Morgan fingerprint density at radius 3 is 2.56 bits per heavy atom. The molecule has 0 fully saturated rings. The molecule has 18 heavy (non-hydrogen) atoms. The molecule has 0 aliphatic rings. The SMILES string of the molecule is CN=C(NCl)NC(=O)c1cccc(C(F)(F)F)c1. The summed E-state index contributed by atoms with van der Waals surface area (Å²) in [6.07, 6.45) is -4.50. The number of hydrogen-bond acceptors (Lipinski definition) is 2. The van der Waals surface area contributed by atoms with Crippen molar-refractivity contribution < 1.29 is 18.0 Å². The van der Waals surface area contributed by atoms with Gasteiger partial charge in [0.1, 0.15) is 0 Å². The van der Waals surface area contributed by atoms with Gasteiger partial charge >= 0.3 is 6.18 Å². The number of carbonyl (C=O) groups is 1. The number of amides is 1. The lowest BCUT2D eigenvalue weighted by molar-refractivity contribution is -0.137. The fourth-order valence-corrected chi connectivity index (χ4v) is 1.27. The van der Waals surface area contributed by atoms with Crippen molar-refractivity contribution in [3.05, 3.63) is 35.4 Å². The van der Waals surface area contributed by atoms with Crippen LogP contribution in [0.3, 0.4) is 0 Å². The number of rotatable bonds is 1. The van der Waals surface area contributed by atoms with E-state index in [1.54, 1.807) is 0 Å². The van der Waals surface area contributed by atoms with Crippen LogP contribution >= 0.6 is 11.8 Å². The van der Waals surface area contributed by atoms with E-state index in [9.17, 15) is 18.0 Å². The van der Waals surface area contributed by atoms with E-state index in [1.807, 2.05) is 0 Å². The van der Waals surface area contributed by atoms with E-state index in [-0.39, 0.29) is 11.5 Å². The third-order valence-electron chi connectivity index (χ3n) is 2.00. The number of hydrogen-bond donors (Lipinski definition) is 2. The third kappa shape index (κ3) is 3.63. The largest absolute Gasteiger partial charge is 0.416 e. The third-order valence-corrected chi connectivity index (χ3v) is 2.18. The number of nitrogens with one attached hydrogen (secondary N) is 2. The number of alkyl halides is 3. The summed E-state index contributed by atoms with van der Waals surface area (Å²) in [5.74, 6) is -0.797. The number of halogens is 4. The van der Waals surface area contributed by atoms with E-state index < -0.39 is 17.6 Å². The highest BCUT2D eigenvalue weighted by Crippen LogP contribution is 2.29. The van der Waals surface area contributed by atoms with Crippen molar-refractivity contribution >= 4 is 23.6 Å². The normalized spacial score (nSPS) is 12.2. The van der Waals surface area contributed by atoms with Gasteiger partial charge in [-0.2, -0.15) is 13.2 Å². The van der Waals surface area contributed by atoms with Crippen molar-refractivity contribution in [1.29, 1.82) is 0 Å². The summed E-state index contributed by atoms with van der Waals surface area (Å²) >= 11 is 5.23. The molecule has 2 N–H and O–H groups in total. The van der Waals surface area contributed by atoms with Gasteiger partial charge in [-0.3, -0.25) is 19.9 Å². The van der Waals surface area contributed by atoms with Gasteiger partial charge in [-0.1, -0.05) is 6.07 Å². The number of guanidine groups is 1. The minimum atomic E-state index is -4.50. The Morgan fingerprint density at radius 1 is 1.39 bits per heavy atom. The van der Waals surface area contributed by atoms with Crippen molar-refractivity contribution in [2.75, 3.05) is 7.05 Å². The van der Waals surface area contributed by atoms with E-state index in [1.165, 1.54) is 13.1 Å². The summed E-state index contributed by atoms with van der Waals surface area (Å²) in [5, 5.41) is 2.21. The van der Waals surface area contributed by atoms with Crippen molar-refractivity contribution in [2.24, 2.45) is 4.99 Å². The van der Waals surface area contributed by atoms with Crippen LogP contribution in [0, 0.1) is 0 Å². The molecular formula is C10H9ClF3N3O. The van der Waals surface area contributed by atoms with Crippen molar-refractivity contribution in [3.63, 3.8) is 0 Å². The predicted molar refractivity (Wildman–Crippen MR) is 61.3 cm³/mol. The van der Waals surface area contributed by atoms with Crippen LogP contribution < -0.4 is 10.2 Å². The average Bonchev–Trinajstić information content (AvgIpc) is 2.34. The molecule has 1 amide bonds. The second-order valence-corrected chi connectivity index (χ2v) is 3.39. The van der Waals surface area contributed by atoms with Crippen LogP contribution in [0.25, 0.3) is 0 Å². The molecule has 0 saturated carbocycles. The van der Waals surface area contributed by atoms with E-state index in [0.717, 1.165) is 18.2 Å². The van der Waals surface area contributed by atoms with Crippen LogP contribution in [0.5, 0.6) is 0 Å². The summed E-state index contributed by atoms with van der Waals surface area (Å²) in [6.45, 7) is 0. The minimum absolute atomic E-state index is 0.0564. The lowest BCUT2D eigenvalue weighted by Gasteiger charge is -2.09. The first kappa shape index (κ1) is 14.3. The van der Waals surface area contributed by atoms with Crippen LogP contribution in [0.2, 0.25) is 0 Å². The predicted octanol–water partition coefficient (Wildman–Crippen LogP) is 2.16. The maximum Gasteiger partial charge on any atom is 0.416 e. The quantitative estimate of drug-likeness (QED) is 0.470. The van der Waals surface area contributed by atoms with Gasteiger partial charge in [0, 0.05) is 24.4 Å². The molecule has 0 bridgehead atoms. The van der Waals surface area contributed by atoms with Gasteiger partial charge in [-0.15, -0.1) is 0 Å². The van der Waals surface area contributed by atoms with Crippen molar-refractivity contribution in [2.45, 2.75) is 6.18 Å². The zero-order chi connectivity index (χ0) is 13.8. The molecule has 0 aliphatic heterocycles. The fraction of sp³-hybridized carbons (Fsp3) is 0.200. The van der Waals surface area contributed by atoms with Gasteiger partial charge in [0.25, 0.3) is 5.91 Å². The average molecular weight is 280 g/mol. The van der Waals surface area contributed by atoms with E-state index in [2.05, 4.69) is 15.1 Å². The van der Waals surface area contributed by atoms with Gasteiger partial charge < -0.3 is 0 Å². The molecule has 0 unspecified atom stereocenters. The summed E-state index contributed by atoms with van der Waals surface area (Å²) in [6, 6.07) is 4.03. The maximum absolute atomic E-state index is 12.4. The van der Waals surface area contributed by atoms with E-state index in [4.69, 9.17) is 11.8 Å². The lowest BCUT2D eigenvalue weighted by Crippen LogP contribution is -2.36. The zero-order valence-electron chi connectivity index (χ0n) is 9.18. The lowest BCUT2D eigenvalue weighted by atomic mass is 10.1. The Hall–Kier alpha value is -1.76. The Bertz CT molecular complexity index is 474. The van der Waals surface area contributed by atoms with Crippen LogP contribution in [0.15, 0.2) is 29.3 Å². The molecule has 1 aromatic carbocycles. The summed E-state index contributed by atoms with van der Waals surface area (Å²) in [4.78, 5) is 17.2. The number of benzene rings is 1. The first-order valence-electron chi connectivity index (χ1n) is 4.70. The molecule has 98 valence electrons. The number of nitrogens with zero attached hydrogens (tertiary/aromatic N) is 1. The second-order valence-electron chi connectivity index (χ2n) is 3.20. The molecule has 1 rings (SSSR count). The van der Waals surface area contributed by atoms with Gasteiger partial charge in [-0.05, 0) is 18.2 Å². The van der Waals surface area contributed by atoms with Gasteiger partial charge in [0.05, 0.1) is 5.56 Å². The zero-order valence-corrected chi connectivity index (χ0v) is 9.93. The molecule has 0 atom stereocenters. The maximum atomic E-state index is 12.4. The van der Waals surface area contributed by atoms with Crippen LogP contribution in [0.4, 0.5) is 13.2 Å². The highest BCUT2D eigenvalue weighted by molar-refractivity contribution is 6.24. The Balaban J connectivity index is 2.94. The Labute approximate surface area is 106 Å². The molecule has 0 aromatic heterocycles. The summed E-state index contributed by atoms with van der Waals surface area (Å²) in [5.41, 5.74) is -1.04. The first-order valence-corrected chi connectivity index (χ1v) is 5.08. The second kappa shape index (κ2) is 5.72. The summed E-state index contributed by atoms with van der Waals surface area (Å²) in [7, 11) is 1.36. The molecule has 4 nitrogen and oxygen atoms in total. The Morgan fingerprint density at radius 2 is 2.06 bits per heavy atom. The molecule has 0 heterocycles. The first-order chi connectivity index (χ1) is 8.38. The molecule has 0 spiro atoms. The van der Waals surface area contributed by atoms with Crippen LogP contribution in [0.1, 0.15) is 15.9 Å². The van der Waals surface area contributed by atoms with E-state index >= 15 is 0 Å². The molecule has 8 heteroatoms. The molecule has 1 aromatic rings. The van der Waals surface area contributed by atoms with Crippen LogP contribution in [-0.2, 0) is 6.18 Å². The fourth-order valence-electron chi connectivity index (χ4n) is 1.14.